The van der Waals surface area contributed by atoms with Gasteiger partial charge in [0.1, 0.15) is 5.54 Å². The molecule has 0 saturated carbocycles. The lowest BCUT2D eigenvalue weighted by molar-refractivity contribution is -0.384. The Morgan fingerprint density at radius 1 is 0.907 bits per heavy atom. The molecule has 6 rings (SSSR count). The molecule has 3 heterocycles. The molecule has 216 valence electrons. The van der Waals surface area contributed by atoms with Crippen molar-refractivity contribution in [1.29, 1.82) is 0 Å². The van der Waals surface area contributed by atoms with Gasteiger partial charge in [-0.2, -0.15) is 0 Å². The highest BCUT2D eigenvalue weighted by Gasteiger charge is 2.68. The minimum Gasteiger partial charge on any atom is -0.480 e. The van der Waals surface area contributed by atoms with Gasteiger partial charge in [0.15, 0.2) is 0 Å². The smallest absolute Gasteiger partial charge is 0.325 e. The van der Waals surface area contributed by atoms with Crippen molar-refractivity contribution in [3.8, 4) is 11.1 Å². The summed E-state index contributed by atoms with van der Waals surface area (Å²) >= 11 is 0. The minimum absolute atomic E-state index is 0.0780. The maximum absolute atomic E-state index is 14.0. The van der Waals surface area contributed by atoms with Gasteiger partial charge in [-0.05, 0) is 34.4 Å². The van der Waals surface area contributed by atoms with Crippen molar-refractivity contribution in [2.75, 3.05) is 6.54 Å². The number of nitrogens with zero attached hydrogens (tertiary/aromatic N) is 3. The molecule has 4 aromatic rings. The first-order valence-electron chi connectivity index (χ1n) is 13.9. The number of rotatable bonds is 9. The lowest BCUT2D eigenvalue weighted by Crippen LogP contribution is -2.57. The summed E-state index contributed by atoms with van der Waals surface area (Å²) in [6.45, 7) is 0.0780. The average Bonchev–Trinajstić information content (AvgIpc) is 3.50. The second kappa shape index (κ2) is 11.2. The molecule has 4 unspecified atom stereocenters. The van der Waals surface area contributed by atoms with Gasteiger partial charge in [-0.15, -0.1) is 0 Å². The van der Waals surface area contributed by atoms with Crippen molar-refractivity contribution in [3.63, 3.8) is 0 Å². The van der Waals surface area contributed by atoms with Crippen LogP contribution in [-0.2, 0) is 27.2 Å². The number of likely N-dealkylation sites (tertiary alicyclic amines) is 1. The first kappa shape index (κ1) is 27.9. The standard InChI is InChI=1S/C33H28N4O6/c38-30-27-28(31(39)36(30)19-17-25-8-4-5-18-34-25)33(32(40)41,20-21-9-15-26(16-10-21)37(42)43)35-29(27)24-13-11-23(12-14-24)22-6-2-1-3-7-22/h1-16,18,27-29,35H,17,19-20H2,(H,40,41). The molecule has 2 aliphatic heterocycles. The molecular weight excluding hydrogens is 548 g/mol. The number of nitro benzene ring substituents is 1. The minimum atomic E-state index is -1.82. The van der Waals surface area contributed by atoms with E-state index in [9.17, 15) is 29.6 Å². The van der Waals surface area contributed by atoms with E-state index < -0.39 is 46.1 Å². The second-order valence-corrected chi connectivity index (χ2v) is 10.9. The van der Waals surface area contributed by atoms with Crippen molar-refractivity contribution in [2.24, 2.45) is 11.8 Å². The molecular formula is C33H28N4O6. The Bertz CT molecular complexity index is 1680. The van der Waals surface area contributed by atoms with Crippen LogP contribution < -0.4 is 5.32 Å². The number of hydrogen-bond acceptors (Lipinski definition) is 7. The quantitative estimate of drug-likeness (QED) is 0.171. The van der Waals surface area contributed by atoms with Gasteiger partial charge in [0, 0.05) is 49.5 Å². The summed E-state index contributed by atoms with van der Waals surface area (Å²) < 4.78 is 0. The zero-order valence-electron chi connectivity index (χ0n) is 23.0. The van der Waals surface area contributed by atoms with Gasteiger partial charge >= 0.3 is 5.97 Å². The van der Waals surface area contributed by atoms with Gasteiger partial charge < -0.3 is 5.11 Å². The van der Waals surface area contributed by atoms with E-state index in [4.69, 9.17) is 0 Å². The van der Waals surface area contributed by atoms with Crippen LogP contribution in [0.15, 0.2) is 103 Å². The SMILES string of the molecule is O=C1C2C(c3ccc(-c4ccccc4)cc3)NC(Cc3ccc([N+](=O)[O-])cc3)(C(=O)O)C2C(=O)N1CCc1ccccn1. The van der Waals surface area contributed by atoms with E-state index in [1.165, 1.54) is 29.2 Å². The van der Waals surface area contributed by atoms with Crippen LogP contribution >= 0.6 is 0 Å². The summed E-state index contributed by atoms with van der Waals surface area (Å²) in [7, 11) is 0. The van der Waals surface area contributed by atoms with E-state index in [1.54, 1.807) is 18.3 Å². The summed E-state index contributed by atoms with van der Waals surface area (Å²) in [5, 5.41) is 25.1. The van der Waals surface area contributed by atoms with Crippen LogP contribution in [0.1, 0.15) is 22.9 Å². The number of amides is 2. The maximum atomic E-state index is 14.0. The van der Waals surface area contributed by atoms with Gasteiger partial charge in [-0.25, -0.2) is 0 Å². The number of non-ortho nitro benzene ring substituents is 1. The fourth-order valence-electron chi connectivity index (χ4n) is 6.35. The monoisotopic (exact) mass is 576 g/mol. The predicted octanol–water partition coefficient (Wildman–Crippen LogP) is 4.21. The zero-order valence-corrected chi connectivity index (χ0v) is 23.0. The van der Waals surface area contributed by atoms with E-state index in [2.05, 4.69) is 10.3 Å². The Balaban J connectivity index is 1.38. The first-order valence-corrected chi connectivity index (χ1v) is 13.9. The Labute approximate surface area is 247 Å². The van der Waals surface area contributed by atoms with Crippen LogP contribution in [0, 0.1) is 22.0 Å². The third-order valence-electron chi connectivity index (χ3n) is 8.45. The van der Waals surface area contributed by atoms with Crippen LogP contribution in [0.3, 0.4) is 0 Å². The Kier molecular flexibility index (Phi) is 7.29. The number of imide groups is 1. The molecule has 2 saturated heterocycles. The number of carbonyl (C=O) groups excluding carboxylic acids is 2. The van der Waals surface area contributed by atoms with E-state index in [-0.39, 0.29) is 18.7 Å². The number of hydrogen-bond donors (Lipinski definition) is 2. The Hall–Kier alpha value is -5.22. The first-order chi connectivity index (χ1) is 20.8. The second-order valence-electron chi connectivity index (χ2n) is 10.9. The topological polar surface area (TPSA) is 143 Å². The normalized spacial score (nSPS) is 22.9. The summed E-state index contributed by atoms with van der Waals surface area (Å²) in [4.78, 5) is 57.2. The number of aromatic nitrogens is 1. The van der Waals surface area contributed by atoms with Gasteiger partial charge in [0.05, 0.1) is 16.8 Å². The summed E-state index contributed by atoms with van der Waals surface area (Å²) in [5.74, 6) is -4.38. The zero-order chi connectivity index (χ0) is 30.1. The largest absolute Gasteiger partial charge is 0.480 e. The molecule has 1 aromatic heterocycles. The molecule has 2 N–H and O–H groups in total. The lowest BCUT2D eigenvalue weighted by Gasteiger charge is -2.31. The molecule has 3 aromatic carbocycles. The van der Waals surface area contributed by atoms with Crippen LogP contribution in [0.4, 0.5) is 5.69 Å². The highest BCUT2D eigenvalue weighted by molar-refractivity contribution is 6.09. The molecule has 0 aliphatic carbocycles. The maximum Gasteiger partial charge on any atom is 0.325 e. The van der Waals surface area contributed by atoms with Crippen LogP contribution in [0.25, 0.3) is 11.1 Å². The molecule has 2 amide bonds. The molecule has 4 atom stereocenters. The number of fused-ring (bicyclic) bond motifs is 1. The number of carboxylic acids is 1. The molecule has 2 aliphatic rings. The third kappa shape index (κ3) is 5.06. The van der Waals surface area contributed by atoms with Gasteiger partial charge in [-0.1, -0.05) is 72.8 Å². The van der Waals surface area contributed by atoms with Crippen molar-refractivity contribution < 1.29 is 24.4 Å². The molecule has 43 heavy (non-hydrogen) atoms. The number of nitrogens with one attached hydrogen (secondary N) is 1. The number of carboxylic acid groups (broad SMARTS) is 1. The number of nitro groups is 1. The Morgan fingerprint density at radius 3 is 2.21 bits per heavy atom. The highest BCUT2D eigenvalue weighted by Crippen LogP contribution is 2.50. The van der Waals surface area contributed by atoms with Crippen molar-refractivity contribution in [2.45, 2.75) is 24.4 Å². The fraction of sp³-hybridized carbons (Fsp3) is 0.212. The molecule has 0 bridgehead atoms. The number of carbonyl (C=O) groups is 3. The summed E-state index contributed by atoms with van der Waals surface area (Å²) in [6, 6.07) is 27.6. The third-order valence-corrected chi connectivity index (χ3v) is 8.45. The molecule has 2 fully saturated rings. The van der Waals surface area contributed by atoms with Crippen molar-refractivity contribution >= 4 is 23.5 Å². The van der Waals surface area contributed by atoms with E-state index in [0.717, 1.165) is 11.1 Å². The Morgan fingerprint density at radius 2 is 1.58 bits per heavy atom. The van der Waals surface area contributed by atoms with Crippen LogP contribution in [0.2, 0.25) is 0 Å². The van der Waals surface area contributed by atoms with E-state index in [0.29, 0.717) is 23.2 Å². The average molecular weight is 577 g/mol. The number of pyridine rings is 1. The van der Waals surface area contributed by atoms with Crippen molar-refractivity contribution in [1.82, 2.24) is 15.2 Å². The summed E-state index contributed by atoms with van der Waals surface area (Å²) in [6.07, 6.45) is 1.83. The van der Waals surface area contributed by atoms with Crippen LogP contribution in [-0.4, -0.2) is 49.8 Å². The highest BCUT2D eigenvalue weighted by atomic mass is 16.6. The summed E-state index contributed by atoms with van der Waals surface area (Å²) in [5.41, 5.74) is 1.91. The van der Waals surface area contributed by atoms with Crippen molar-refractivity contribution in [3.05, 3.63) is 130 Å². The molecule has 10 heteroatoms. The molecule has 0 spiro atoms. The number of benzene rings is 3. The van der Waals surface area contributed by atoms with Gasteiger partial charge in [-0.3, -0.25) is 39.7 Å². The van der Waals surface area contributed by atoms with E-state index in [1.807, 2.05) is 60.7 Å². The van der Waals surface area contributed by atoms with E-state index >= 15 is 0 Å². The fourth-order valence-corrected chi connectivity index (χ4v) is 6.35. The lowest BCUT2D eigenvalue weighted by atomic mass is 9.76. The molecule has 0 radical (unpaired) electrons. The van der Waals surface area contributed by atoms with Gasteiger partial charge in [0.2, 0.25) is 11.8 Å². The predicted molar refractivity (Wildman–Crippen MR) is 157 cm³/mol. The number of aliphatic carboxylic acids is 1. The van der Waals surface area contributed by atoms with Gasteiger partial charge in [0.25, 0.3) is 5.69 Å². The molecule has 10 nitrogen and oxygen atoms in total. The van der Waals surface area contributed by atoms with Crippen LogP contribution in [0.5, 0.6) is 0 Å².